The van der Waals surface area contributed by atoms with Crippen LogP contribution in [0.5, 0.6) is 0 Å². The highest BCUT2D eigenvalue weighted by Crippen LogP contribution is 2.58. The molecule has 2 saturated heterocycles. The van der Waals surface area contributed by atoms with Gasteiger partial charge in [0.2, 0.25) is 0 Å². The molecule has 11 unspecified atom stereocenters. The van der Waals surface area contributed by atoms with Crippen LogP contribution in [-0.4, -0.2) is 100 Å². The molecule has 2 aliphatic rings. The SMILES string of the molecule is NC(=O)c1ccc[n+](C2OC(COP(=O)([O-])OP(=O)(O)OCC3OC(n4cnc5c(N)ncnc54)C(OP(=O)([O-])O)C3O)C(O)C2O)c1. The quantitative estimate of drug-likeness (QED) is 0.0645. The van der Waals surface area contributed by atoms with Gasteiger partial charge < -0.3 is 64.9 Å². The second-order valence-corrected chi connectivity index (χ2v) is 14.4. The van der Waals surface area contributed by atoms with Crippen molar-refractivity contribution in [1.29, 1.82) is 0 Å². The number of amides is 1. The predicted octanol–water partition coefficient (Wildman–Crippen LogP) is -4.16. The van der Waals surface area contributed by atoms with E-state index in [4.69, 9.17) is 20.9 Å². The van der Waals surface area contributed by atoms with Gasteiger partial charge in [-0.3, -0.25) is 23.0 Å². The Morgan fingerprint density at radius 2 is 1.71 bits per heavy atom. The molecule has 5 heterocycles. The highest BCUT2D eigenvalue weighted by molar-refractivity contribution is 7.60. The third kappa shape index (κ3) is 8.12. The van der Waals surface area contributed by atoms with Crippen molar-refractivity contribution in [3.05, 3.63) is 42.7 Å². The number of fused-ring (bicyclic) bond motifs is 1. The van der Waals surface area contributed by atoms with Crippen molar-refractivity contribution in [1.82, 2.24) is 19.5 Å². The van der Waals surface area contributed by atoms with Crippen molar-refractivity contribution in [3.63, 3.8) is 0 Å². The number of aliphatic hydroxyl groups excluding tert-OH is 3. The minimum Gasteiger partial charge on any atom is -0.756 e. The number of hydrogen-bond acceptors (Lipinski definition) is 19. The molecular formula is C21H27N7O17P3-. The third-order valence-corrected chi connectivity index (χ3v) is 10.0. The summed E-state index contributed by atoms with van der Waals surface area (Å²) < 4.78 is 67.5. The number of anilines is 1. The number of imidazole rings is 1. The van der Waals surface area contributed by atoms with Crippen molar-refractivity contribution in [2.45, 2.75) is 49.1 Å². The topological polar surface area (TPSA) is 370 Å². The normalized spacial score (nSPS) is 31.3. The van der Waals surface area contributed by atoms with Crippen LogP contribution in [0.2, 0.25) is 0 Å². The predicted molar refractivity (Wildman–Crippen MR) is 146 cm³/mol. The first-order valence-corrected chi connectivity index (χ1v) is 17.8. The highest BCUT2D eigenvalue weighted by atomic mass is 31.3. The van der Waals surface area contributed by atoms with E-state index >= 15 is 0 Å². The van der Waals surface area contributed by atoms with E-state index in [9.17, 15) is 53.4 Å². The van der Waals surface area contributed by atoms with Gasteiger partial charge in [-0.1, -0.05) is 0 Å². The van der Waals surface area contributed by atoms with Crippen molar-refractivity contribution in [3.8, 4) is 0 Å². The maximum atomic E-state index is 12.5. The van der Waals surface area contributed by atoms with E-state index in [1.165, 1.54) is 29.1 Å². The van der Waals surface area contributed by atoms with Crippen molar-refractivity contribution < 1.29 is 85.3 Å². The molecule has 0 aliphatic carbocycles. The number of rotatable bonds is 13. The van der Waals surface area contributed by atoms with Crippen LogP contribution in [-0.2, 0) is 41.1 Å². The van der Waals surface area contributed by atoms with E-state index in [2.05, 4.69) is 32.8 Å². The lowest BCUT2D eigenvalue weighted by Crippen LogP contribution is -2.46. The molecule has 0 saturated carbocycles. The lowest BCUT2D eigenvalue weighted by Gasteiger charge is -2.27. The zero-order valence-electron chi connectivity index (χ0n) is 23.9. The first-order chi connectivity index (χ1) is 22.4. The summed E-state index contributed by atoms with van der Waals surface area (Å²) in [7, 11) is -16.9. The average molecular weight is 742 g/mol. The standard InChI is InChI=1S/C21H28N7O17P3/c22-17-12-19(25-7-24-17)28(8-26-12)21-16(44-46(33,34)35)14(30)11(43-21)6-41-48(38,39)45-47(36,37)40-5-10-13(29)15(31)20(42-10)27-3-1-2-9(4-27)18(23)32/h1-4,7-8,10-11,13-16,20-21,29-31H,5-6H2,(H7-,22,23,24,25,32,33,34,35,36,37,38,39)/p-1. The van der Waals surface area contributed by atoms with Crippen LogP contribution in [0.15, 0.2) is 37.2 Å². The second-order valence-electron chi connectivity index (χ2n) is 10.2. The molecule has 3 aromatic heterocycles. The van der Waals surface area contributed by atoms with E-state index < -0.39 is 91.7 Å². The van der Waals surface area contributed by atoms with Crippen LogP contribution in [0, 0.1) is 0 Å². The number of nitrogen functional groups attached to an aromatic ring is 1. The van der Waals surface area contributed by atoms with Crippen LogP contribution in [0.1, 0.15) is 22.8 Å². The van der Waals surface area contributed by atoms with Crippen LogP contribution in [0.4, 0.5) is 5.82 Å². The summed E-state index contributed by atoms with van der Waals surface area (Å²) in [5.41, 5.74) is 11.0. The van der Waals surface area contributed by atoms with Gasteiger partial charge in [-0.15, -0.1) is 0 Å². The Morgan fingerprint density at radius 1 is 1.02 bits per heavy atom. The average Bonchev–Trinajstić information content (AvgIpc) is 3.64. The van der Waals surface area contributed by atoms with Gasteiger partial charge in [0.15, 0.2) is 36.2 Å². The number of pyridine rings is 1. The van der Waals surface area contributed by atoms with Crippen molar-refractivity contribution in [2.24, 2.45) is 5.73 Å². The Labute approximate surface area is 267 Å². The van der Waals surface area contributed by atoms with Crippen LogP contribution >= 0.6 is 23.5 Å². The Balaban J connectivity index is 1.21. The first kappa shape index (κ1) is 36.4. The minimum atomic E-state index is -5.73. The number of nitrogens with zero attached hydrogens (tertiary/aromatic N) is 5. The number of phosphoric acid groups is 3. The van der Waals surface area contributed by atoms with Crippen LogP contribution in [0.25, 0.3) is 11.2 Å². The molecule has 2 fully saturated rings. The Morgan fingerprint density at radius 3 is 2.40 bits per heavy atom. The van der Waals surface area contributed by atoms with Gasteiger partial charge in [0, 0.05) is 6.07 Å². The van der Waals surface area contributed by atoms with E-state index in [0.717, 1.165) is 17.2 Å². The van der Waals surface area contributed by atoms with Crippen molar-refractivity contribution in [2.75, 3.05) is 18.9 Å². The van der Waals surface area contributed by atoms with E-state index in [-0.39, 0.29) is 22.5 Å². The summed E-state index contributed by atoms with van der Waals surface area (Å²) in [6.45, 7) is -2.15. The van der Waals surface area contributed by atoms with Gasteiger partial charge in [-0.25, -0.2) is 23.8 Å². The third-order valence-electron chi connectivity index (χ3n) is 6.97. The Kier molecular flexibility index (Phi) is 10.5. The molecule has 1 amide bonds. The molecule has 3 aromatic rings. The molecule has 9 N–H and O–H groups in total. The van der Waals surface area contributed by atoms with E-state index in [1.54, 1.807) is 0 Å². The van der Waals surface area contributed by atoms with Gasteiger partial charge in [0.1, 0.15) is 47.9 Å². The fourth-order valence-electron chi connectivity index (χ4n) is 4.82. The number of carbonyl (C=O) groups is 1. The molecule has 24 nitrogen and oxygen atoms in total. The lowest BCUT2D eigenvalue weighted by molar-refractivity contribution is -0.765. The Bertz CT molecular complexity index is 1810. The molecule has 0 spiro atoms. The summed E-state index contributed by atoms with van der Waals surface area (Å²) in [6.07, 6.45) is -8.82. The number of primary amides is 1. The molecule has 2 aliphatic heterocycles. The molecule has 264 valence electrons. The fraction of sp³-hybridized carbons (Fsp3) is 0.476. The van der Waals surface area contributed by atoms with Gasteiger partial charge in [0.25, 0.3) is 27.8 Å². The Hall–Kier alpha value is -2.86. The minimum absolute atomic E-state index is 0.0258. The maximum Gasteiger partial charge on any atom is 0.478 e. The number of phosphoric ester groups is 3. The van der Waals surface area contributed by atoms with E-state index in [1.807, 2.05) is 0 Å². The second kappa shape index (κ2) is 13.8. The summed E-state index contributed by atoms with van der Waals surface area (Å²) in [4.78, 5) is 66.4. The zero-order chi connectivity index (χ0) is 35.2. The molecule has 27 heteroatoms. The maximum absolute atomic E-state index is 12.5. The number of carbonyl (C=O) groups excluding carboxylic acids is 1. The van der Waals surface area contributed by atoms with Gasteiger partial charge >= 0.3 is 7.82 Å². The largest absolute Gasteiger partial charge is 0.756 e. The van der Waals surface area contributed by atoms with Crippen LogP contribution in [0.3, 0.4) is 0 Å². The monoisotopic (exact) mass is 742 g/mol. The smallest absolute Gasteiger partial charge is 0.478 e. The highest BCUT2D eigenvalue weighted by Gasteiger charge is 2.50. The zero-order valence-corrected chi connectivity index (χ0v) is 26.5. The molecule has 5 rings (SSSR count). The van der Waals surface area contributed by atoms with Gasteiger partial charge in [-0.05, 0) is 6.07 Å². The van der Waals surface area contributed by atoms with Gasteiger partial charge in [-0.2, -0.15) is 4.57 Å². The molecule has 0 bridgehead atoms. The number of aliphatic hydroxyl groups is 3. The molecule has 48 heavy (non-hydrogen) atoms. The molecule has 0 radical (unpaired) electrons. The number of nitrogens with two attached hydrogens (primary N) is 2. The van der Waals surface area contributed by atoms with E-state index in [0.29, 0.717) is 0 Å². The molecule has 0 aromatic carbocycles. The number of aromatic nitrogens is 5. The van der Waals surface area contributed by atoms with Crippen molar-refractivity contribution >= 4 is 46.4 Å². The number of ether oxygens (including phenoxy) is 2. The lowest BCUT2D eigenvalue weighted by atomic mass is 10.1. The summed E-state index contributed by atoms with van der Waals surface area (Å²) in [5.74, 6) is -0.877. The van der Waals surface area contributed by atoms with Crippen LogP contribution < -0.4 is 25.8 Å². The summed E-state index contributed by atoms with van der Waals surface area (Å²) in [6, 6.07) is 2.77. The first-order valence-electron chi connectivity index (χ1n) is 13.3. The summed E-state index contributed by atoms with van der Waals surface area (Å²) in [5, 5.41) is 31.4. The molecule has 11 atom stereocenters. The number of hydrogen-bond donors (Lipinski definition) is 7. The fourth-order valence-corrected chi connectivity index (χ4v) is 7.41. The summed E-state index contributed by atoms with van der Waals surface area (Å²) >= 11 is 0. The van der Waals surface area contributed by atoms with Gasteiger partial charge in [0.05, 0.1) is 19.5 Å². The molecular weight excluding hydrogens is 715 g/mol.